The van der Waals surface area contributed by atoms with E-state index in [1.807, 2.05) is 0 Å². The van der Waals surface area contributed by atoms with Gasteiger partial charge in [-0.15, -0.1) is 10.2 Å². The van der Waals surface area contributed by atoms with Crippen molar-refractivity contribution in [1.82, 2.24) is 14.8 Å². The highest BCUT2D eigenvalue weighted by molar-refractivity contribution is 7.99. The topological polar surface area (TPSA) is 49.2 Å². The van der Waals surface area contributed by atoms with Crippen LogP contribution in [0.25, 0.3) is 0 Å². The standard InChI is InChI=1S/C12H19N3O2S/c1-16-10(17-2)7-18-12-14-13-11(8-3-4-8)15(12)9-5-6-9/h8-10H,3-7H2,1-2H3. The van der Waals surface area contributed by atoms with Crippen molar-refractivity contribution in [3.8, 4) is 0 Å². The number of ether oxygens (including phenoxy) is 2. The Kier molecular flexibility index (Phi) is 3.59. The number of nitrogens with zero attached hydrogens (tertiary/aromatic N) is 3. The van der Waals surface area contributed by atoms with Gasteiger partial charge in [0.1, 0.15) is 5.82 Å². The molecule has 2 aliphatic rings. The highest BCUT2D eigenvalue weighted by Crippen LogP contribution is 2.46. The molecule has 0 radical (unpaired) electrons. The Hall–Kier alpha value is -0.590. The van der Waals surface area contributed by atoms with Gasteiger partial charge in [0.05, 0.1) is 5.75 Å². The third-order valence-corrected chi connectivity index (χ3v) is 4.40. The summed E-state index contributed by atoms with van der Waals surface area (Å²) in [7, 11) is 3.33. The zero-order valence-electron chi connectivity index (χ0n) is 10.8. The van der Waals surface area contributed by atoms with Crippen LogP contribution in [0.15, 0.2) is 5.16 Å². The first-order valence-corrected chi connectivity index (χ1v) is 7.45. The Balaban J connectivity index is 1.71. The summed E-state index contributed by atoms with van der Waals surface area (Å²) >= 11 is 1.68. The van der Waals surface area contributed by atoms with Gasteiger partial charge in [-0.3, -0.25) is 0 Å². The van der Waals surface area contributed by atoms with Crippen molar-refractivity contribution in [3.63, 3.8) is 0 Å². The lowest BCUT2D eigenvalue weighted by molar-refractivity contribution is -0.0842. The zero-order chi connectivity index (χ0) is 12.5. The normalized spacial score (nSPS) is 19.7. The van der Waals surface area contributed by atoms with Crippen molar-refractivity contribution < 1.29 is 9.47 Å². The van der Waals surface area contributed by atoms with Crippen LogP contribution >= 0.6 is 11.8 Å². The molecule has 0 unspecified atom stereocenters. The lowest BCUT2D eigenvalue weighted by Gasteiger charge is -2.13. The molecule has 6 heteroatoms. The van der Waals surface area contributed by atoms with Crippen LogP contribution in [0.2, 0.25) is 0 Å². The number of hydrogen-bond acceptors (Lipinski definition) is 5. The summed E-state index contributed by atoms with van der Waals surface area (Å²) < 4.78 is 12.8. The highest BCUT2D eigenvalue weighted by atomic mass is 32.2. The van der Waals surface area contributed by atoms with Gasteiger partial charge in [-0.2, -0.15) is 0 Å². The molecule has 0 spiro atoms. The van der Waals surface area contributed by atoms with E-state index < -0.39 is 0 Å². The maximum Gasteiger partial charge on any atom is 0.191 e. The molecule has 0 N–H and O–H groups in total. The second-order valence-electron chi connectivity index (χ2n) is 4.93. The van der Waals surface area contributed by atoms with Crippen molar-refractivity contribution in [2.45, 2.75) is 49.1 Å². The number of thioether (sulfide) groups is 1. The molecule has 2 fully saturated rings. The van der Waals surface area contributed by atoms with Crippen molar-refractivity contribution in [1.29, 1.82) is 0 Å². The van der Waals surface area contributed by atoms with E-state index in [4.69, 9.17) is 9.47 Å². The number of aromatic nitrogens is 3. The molecule has 1 aromatic rings. The summed E-state index contributed by atoms with van der Waals surface area (Å²) in [6.07, 6.45) is 4.90. The third kappa shape index (κ3) is 2.55. The summed E-state index contributed by atoms with van der Waals surface area (Å²) in [4.78, 5) is 0. The summed E-state index contributed by atoms with van der Waals surface area (Å²) in [5.41, 5.74) is 0. The van der Waals surface area contributed by atoms with Gasteiger partial charge < -0.3 is 14.0 Å². The summed E-state index contributed by atoms with van der Waals surface area (Å²) in [6, 6.07) is 0.640. The van der Waals surface area contributed by atoms with Gasteiger partial charge in [-0.1, -0.05) is 11.8 Å². The van der Waals surface area contributed by atoms with E-state index in [2.05, 4.69) is 14.8 Å². The van der Waals surface area contributed by atoms with Crippen molar-refractivity contribution in [3.05, 3.63) is 5.82 Å². The van der Waals surface area contributed by atoms with Crippen LogP contribution in [-0.2, 0) is 9.47 Å². The average Bonchev–Trinajstić information content (AvgIpc) is 3.30. The largest absolute Gasteiger partial charge is 0.355 e. The summed E-state index contributed by atoms with van der Waals surface area (Å²) in [5, 5.41) is 9.75. The molecular formula is C12H19N3O2S. The van der Waals surface area contributed by atoms with Crippen LogP contribution in [0.1, 0.15) is 43.5 Å². The number of methoxy groups -OCH3 is 2. The van der Waals surface area contributed by atoms with Crippen molar-refractivity contribution in [2.24, 2.45) is 0 Å². The number of hydrogen-bond donors (Lipinski definition) is 0. The van der Waals surface area contributed by atoms with Gasteiger partial charge in [0, 0.05) is 26.2 Å². The second kappa shape index (κ2) is 5.19. The Morgan fingerprint density at radius 3 is 2.50 bits per heavy atom. The van der Waals surface area contributed by atoms with Gasteiger partial charge >= 0.3 is 0 Å². The van der Waals surface area contributed by atoms with E-state index in [1.165, 1.54) is 31.5 Å². The van der Waals surface area contributed by atoms with Gasteiger partial charge in [-0.05, 0) is 25.7 Å². The first kappa shape index (κ1) is 12.4. The van der Waals surface area contributed by atoms with Crippen molar-refractivity contribution in [2.75, 3.05) is 20.0 Å². The predicted octanol–water partition coefficient (Wildman–Crippen LogP) is 2.20. The number of rotatable bonds is 7. The maximum atomic E-state index is 5.20. The molecule has 100 valence electrons. The molecule has 2 aliphatic carbocycles. The lowest BCUT2D eigenvalue weighted by Crippen LogP contribution is -2.16. The molecule has 0 bridgehead atoms. The minimum Gasteiger partial charge on any atom is -0.355 e. The predicted molar refractivity (Wildman–Crippen MR) is 68.8 cm³/mol. The minimum atomic E-state index is -0.177. The van der Waals surface area contributed by atoms with Crippen LogP contribution in [0.5, 0.6) is 0 Å². The fraction of sp³-hybridized carbons (Fsp3) is 0.833. The smallest absolute Gasteiger partial charge is 0.191 e. The lowest BCUT2D eigenvalue weighted by atomic mass is 10.4. The zero-order valence-corrected chi connectivity index (χ0v) is 11.7. The third-order valence-electron chi connectivity index (χ3n) is 3.42. The Bertz CT molecular complexity index is 411. The summed E-state index contributed by atoms with van der Waals surface area (Å²) in [5.74, 6) is 2.61. The monoisotopic (exact) mass is 269 g/mol. The average molecular weight is 269 g/mol. The van der Waals surface area contributed by atoms with Crippen LogP contribution in [0.4, 0.5) is 0 Å². The van der Waals surface area contributed by atoms with E-state index in [0.29, 0.717) is 12.0 Å². The minimum absolute atomic E-state index is 0.177. The fourth-order valence-corrected chi connectivity index (χ4v) is 3.10. The molecule has 5 nitrogen and oxygen atoms in total. The van der Waals surface area contributed by atoms with E-state index in [0.717, 1.165) is 10.9 Å². The molecule has 0 amide bonds. The van der Waals surface area contributed by atoms with Crippen LogP contribution in [0.3, 0.4) is 0 Å². The van der Waals surface area contributed by atoms with E-state index >= 15 is 0 Å². The fourth-order valence-electron chi connectivity index (χ4n) is 2.06. The quantitative estimate of drug-likeness (QED) is 0.561. The van der Waals surface area contributed by atoms with Gasteiger partial charge in [0.25, 0.3) is 0 Å². The molecule has 18 heavy (non-hydrogen) atoms. The molecule has 1 aromatic heterocycles. The maximum absolute atomic E-state index is 5.20. The molecule has 0 aromatic carbocycles. The Morgan fingerprint density at radius 2 is 1.94 bits per heavy atom. The summed E-state index contributed by atoms with van der Waals surface area (Å²) in [6.45, 7) is 0. The van der Waals surface area contributed by atoms with Crippen molar-refractivity contribution >= 4 is 11.8 Å². The SMILES string of the molecule is COC(CSc1nnc(C2CC2)n1C1CC1)OC. The molecule has 1 heterocycles. The molecular weight excluding hydrogens is 250 g/mol. The Morgan fingerprint density at radius 1 is 1.22 bits per heavy atom. The van der Waals surface area contributed by atoms with Gasteiger partial charge in [0.15, 0.2) is 11.4 Å². The van der Waals surface area contributed by atoms with E-state index in [1.54, 1.807) is 26.0 Å². The van der Waals surface area contributed by atoms with Gasteiger partial charge in [-0.25, -0.2) is 0 Å². The van der Waals surface area contributed by atoms with Crippen LogP contribution in [0, 0.1) is 0 Å². The van der Waals surface area contributed by atoms with Crippen LogP contribution in [-0.4, -0.2) is 41.0 Å². The van der Waals surface area contributed by atoms with E-state index in [9.17, 15) is 0 Å². The first-order chi connectivity index (χ1) is 8.83. The Labute approximate surface area is 111 Å². The molecule has 2 saturated carbocycles. The molecule has 0 atom stereocenters. The molecule has 3 rings (SSSR count). The highest BCUT2D eigenvalue weighted by Gasteiger charge is 2.36. The van der Waals surface area contributed by atoms with Gasteiger partial charge in [0.2, 0.25) is 0 Å². The molecule has 0 aliphatic heterocycles. The van der Waals surface area contributed by atoms with E-state index in [-0.39, 0.29) is 6.29 Å². The van der Waals surface area contributed by atoms with Crippen LogP contribution < -0.4 is 0 Å². The second-order valence-corrected chi connectivity index (χ2v) is 5.92. The first-order valence-electron chi connectivity index (χ1n) is 6.46. The molecule has 0 saturated heterocycles.